The van der Waals surface area contributed by atoms with Gasteiger partial charge < -0.3 is 0 Å². The Morgan fingerprint density at radius 2 is 2.00 bits per heavy atom. The third kappa shape index (κ3) is 2.93. The van der Waals surface area contributed by atoms with Gasteiger partial charge in [0.1, 0.15) is 0 Å². The molecule has 12 heavy (non-hydrogen) atoms. The Labute approximate surface area is 76.5 Å². The van der Waals surface area contributed by atoms with Crippen LogP contribution < -0.4 is 0 Å². The van der Waals surface area contributed by atoms with Gasteiger partial charge in [0.15, 0.2) is 0 Å². The lowest BCUT2D eigenvalue weighted by atomic mass is 10.4. The molecule has 0 atom stereocenters. The predicted molar refractivity (Wildman–Crippen MR) is 52.1 cm³/mol. The summed E-state index contributed by atoms with van der Waals surface area (Å²) in [5.41, 5.74) is 0. The molecule has 0 aromatic heterocycles. The van der Waals surface area contributed by atoms with E-state index >= 15 is 0 Å². The highest BCUT2D eigenvalue weighted by molar-refractivity contribution is 8.14. The number of allylic oxidation sites excluding steroid dienone is 1. The second-order valence-electron chi connectivity index (χ2n) is 2.23. The summed E-state index contributed by atoms with van der Waals surface area (Å²) in [6.45, 7) is 1.84. The van der Waals surface area contributed by atoms with Gasteiger partial charge in [-0.1, -0.05) is 24.3 Å². The Balaban J connectivity index is 2.59. The van der Waals surface area contributed by atoms with Crippen LogP contribution in [0.5, 0.6) is 0 Å². The molecule has 62 valence electrons. The molecule has 1 nitrogen and oxygen atoms in total. The molecule has 0 saturated carbocycles. The molecule has 0 aliphatic heterocycles. The van der Waals surface area contributed by atoms with Crippen LogP contribution in [0.2, 0.25) is 0 Å². The summed E-state index contributed by atoms with van der Waals surface area (Å²) in [5, 5.41) is 0.0729. The molecule has 1 aromatic carbocycles. The highest BCUT2D eigenvalue weighted by atomic mass is 32.2. The summed E-state index contributed by atoms with van der Waals surface area (Å²) >= 11 is 1.24. The predicted octanol–water partition coefficient (Wildman–Crippen LogP) is 2.88. The van der Waals surface area contributed by atoms with Gasteiger partial charge in [0.2, 0.25) is 5.12 Å². The maximum atomic E-state index is 11.1. The third-order valence-electron chi connectivity index (χ3n) is 1.26. The number of hydrogen-bond acceptors (Lipinski definition) is 2. The maximum absolute atomic E-state index is 11.1. The molecule has 0 spiro atoms. The summed E-state index contributed by atoms with van der Waals surface area (Å²) in [4.78, 5) is 12.1. The van der Waals surface area contributed by atoms with Gasteiger partial charge in [0.25, 0.3) is 0 Å². The smallest absolute Gasteiger partial charge is 0.216 e. The van der Waals surface area contributed by atoms with Crippen molar-refractivity contribution in [1.82, 2.24) is 0 Å². The number of hydrogen-bond donors (Lipinski definition) is 0. The second kappa shape index (κ2) is 4.78. The van der Waals surface area contributed by atoms with Crippen LogP contribution in [0.4, 0.5) is 0 Å². The Kier molecular flexibility index (Phi) is 3.61. The van der Waals surface area contributed by atoms with Crippen molar-refractivity contribution in [3.8, 4) is 0 Å². The van der Waals surface area contributed by atoms with E-state index in [1.165, 1.54) is 11.8 Å². The first-order valence-corrected chi connectivity index (χ1v) is 4.54. The minimum absolute atomic E-state index is 0.0729. The molecule has 0 radical (unpaired) electrons. The van der Waals surface area contributed by atoms with E-state index in [1.807, 2.05) is 37.3 Å². The zero-order valence-electron chi connectivity index (χ0n) is 6.86. The Hall–Kier alpha value is -1.02. The monoisotopic (exact) mass is 178 g/mol. The number of benzene rings is 1. The van der Waals surface area contributed by atoms with Gasteiger partial charge in [-0.25, -0.2) is 0 Å². The second-order valence-corrected chi connectivity index (χ2v) is 3.31. The largest absolute Gasteiger partial charge is 0.282 e. The van der Waals surface area contributed by atoms with Crippen LogP contribution in [0.3, 0.4) is 0 Å². The van der Waals surface area contributed by atoms with Crippen molar-refractivity contribution in [2.45, 2.75) is 11.8 Å². The summed E-state index contributed by atoms with van der Waals surface area (Å²) in [6.07, 6.45) is 3.32. The summed E-state index contributed by atoms with van der Waals surface area (Å²) < 4.78 is 0. The summed E-state index contributed by atoms with van der Waals surface area (Å²) in [6, 6.07) is 9.62. The fourth-order valence-corrected chi connectivity index (χ4v) is 1.50. The first-order chi connectivity index (χ1) is 5.83. The number of thioether (sulfide) groups is 1. The molecular weight excluding hydrogens is 168 g/mol. The normalized spacial score (nSPS) is 10.4. The average Bonchev–Trinajstić information content (AvgIpc) is 2.06. The van der Waals surface area contributed by atoms with Gasteiger partial charge >= 0.3 is 0 Å². The van der Waals surface area contributed by atoms with E-state index < -0.39 is 0 Å². The van der Waals surface area contributed by atoms with Crippen LogP contribution in [0.25, 0.3) is 0 Å². The SMILES string of the molecule is C/C=C\C(=O)Sc1ccccc1. The Morgan fingerprint density at radius 3 is 2.58 bits per heavy atom. The van der Waals surface area contributed by atoms with Crippen molar-refractivity contribution >= 4 is 16.9 Å². The Bertz CT molecular complexity index is 277. The lowest BCUT2D eigenvalue weighted by Crippen LogP contribution is -1.82. The molecule has 0 unspecified atom stereocenters. The van der Waals surface area contributed by atoms with E-state index in [9.17, 15) is 4.79 Å². The van der Waals surface area contributed by atoms with Gasteiger partial charge in [-0.15, -0.1) is 0 Å². The van der Waals surface area contributed by atoms with E-state index in [0.717, 1.165) is 4.90 Å². The van der Waals surface area contributed by atoms with E-state index in [0.29, 0.717) is 0 Å². The molecule has 0 heterocycles. The van der Waals surface area contributed by atoms with Crippen LogP contribution in [0.15, 0.2) is 47.4 Å². The van der Waals surface area contributed by atoms with Crippen LogP contribution in [-0.4, -0.2) is 5.12 Å². The molecule has 0 aliphatic rings. The highest BCUT2D eigenvalue weighted by Gasteiger charge is 1.97. The van der Waals surface area contributed by atoms with E-state index in [4.69, 9.17) is 0 Å². The average molecular weight is 178 g/mol. The zero-order valence-corrected chi connectivity index (χ0v) is 7.67. The minimum Gasteiger partial charge on any atom is -0.282 e. The third-order valence-corrected chi connectivity index (χ3v) is 2.11. The van der Waals surface area contributed by atoms with Gasteiger partial charge in [-0.3, -0.25) is 4.79 Å². The van der Waals surface area contributed by atoms with Crippen molar-refractivity contribution in [1.29, 1.82) is 0 Å². The van der Waals surface area contributed by atoms with Crippen LogP contribution in [-0.2, 0) is 4.79 Å². The molecule has 0 N–H and O–H groups in total. The number of carbonyl (C=O) groups is 1. The molecule has 0 bridgehead atoms. The molecule has 0 aliphatic carbocycles. The van der Waals surface area contributed by atoms with E-state index in [1.54, 1.807) is 12.2 Å². The van der Waals surface area contributed by atoms with Crippen molar-refractivity contribution in [2.75, 3.05) is 0 Å². The van der Waals surface area contributed by atoms with E-state index in [2.05, 4.69) is 0 Å². The molecule has 1 rings (SSSR count). The van der Waals surface area contributed by atoms with Crippen molar-refractivity contribution in [3.63, 3.8) is 0 Å². The molecule has 0 fully saturated rings. The highest BCUT2D eigenvalue weighted by Crippen LogP contribution is 2.17. The lowest BCUT2D eigenvalue weighted by molar-refractivity contribution is -0.107. The first-order valence-electron chi connectivity index (χ1n) is 3.72. The van der Waals surface area contributed by atoms with Gasteiger partial charge in [0, 0.05) is 4.90 Å². The fraction of sp³-hybridized carbons (Fsp3) is 0.100. The van der Waals surface area contributed by atoms with Crippen molar-refractivity contribution < 1.29 is 4.79 Å². The number of rotatable bonds is 2. The molecule has 0 saturated heterocycles. The minimum atomic E-state index is 0.0729. The van der Waals surface area contributed by atoms with Gasteiger partial charge in [-0.2, -0.15) is 0 Å². The summed E-state index contributed by atoms with van der Waals surface area (Å²) in [5.74, 6) is 0. The lowest BCUT2D eigenvalue weighted by Gasteiger charge is -1.94. The summed E-state index contributed by atoms with van der Waals surface area (Å²) in [7, 11) is 0. The number of carbonyl (C=O) groups excluding carboxylic acids is 1. The van der Waals surface area contributed by atoms with Crippen LogP contribution >= 0.6 is 11.8 Å². The topological polar surface area (TPSA) is 17.1 Å². The Morgan fingerprint density at radius 1 is 1.33 bits per heavy atom. The quantitative estimate of drug-likeness (QED) is 0.511. The maximum Gasteiger partial charge on any atom is 0.216 e. The van der Waals surface area contributed by atoms with Crippen LogP contribution in [0.1, 0.15) is 6.92 Å². The molecule has 1 aromatic rings. The zero-order chi connectivity index (χ0) is 8.81. The van der Waals surface area contributed by atoms with Crippen molar-refractivity contribution in [2.24, 2.45) is 0 Å². The van der Waals surface area contributed by atoms with Gasteiger partial charge in [-0.05, 0) is 36.9 Å². The standard InChI is InChI=1S/C10H10OS/c1-2-6-10(11)12-9-7-4-3-5-8-9/h2-8H,1H3/b6-2-. The molecular formula is C10H10OS. The van der Waals surface area contributed by atoms with Gasteiger partial charge in [0.05, 0.1) is 0 Å². The van der Waals surface area contributed by atoms with E-state index in [-0.39, 0.29) is 5.12 Å². The van der Waals surface area contributed by atoms with Crippen molar-refractivity contribution in [3.05, 3.63) is 42.5 Å². The van der Waals surface area contributed by atoms with Crippen LogP contribution in [0, 0.1) is 0 Å². The molecule has 0 amide bonds. The first kappa shape index (κ1) is 9.07. The fourth-order valence-electron chi connectivity index (χ4n) is 0.775. The molecule has 2 heteroatoms.